The van der Waals surface area contributed by atoms with Gasteiger partial charge in [0, 0.05) is 29.6 Å². The first-order chi connectivity index (χ1) is 16.4. The average molecular weight is 476 g/mol. The van der Waals surface area contributed by atoms with Gasteiger partial charge in [-0.1, -0.05) is 60.8 Å². The summed E-state index contributed by atoms with van der Waals surface area (Å²) in [7, 11) is 0. The van der Waals surface area contributed by atoms with Gasteiger partial charge in [-0.25, -0.2) is 4.98 Å². The van der Waals surface area contributed by atoms with Crippen LogP contribution in [0.2, 0.25) is 0 Å². The van der Waals surface area contributed by atoms with E-state index in [-0.39, 0.29) is 17.2 Å². The van der Waals surface area contributed by atoms with E-state index in [2.05, 4.69) is 16.9 Å². The molecule has 7 heteroatoms. The number of anilines is 1. The molecule has 0 aliphatic heterocycles. The third-order valence-corrected chi connectivity index (χ3v) is 5.79. The monoisotopic (exact) mass is 475 g/mol. The number of benzene rings is 1. The van der Waals surface area contributed by atoms with Crippen LogP contribution in [0.25, 0.3) is 16.6 Å². The Morgan fingerprint density at radius 3 is 2.71 bits per heavy atom. The Morgan fingerprint density at radius 1 is 1.24 bits per heavy atom. The summed E-state index contributed by atoms with van der Waals surface area (Å²) in [6.45, 7) is 10.0. The van der Waals surface area contributed by atoms with Gasteiger partial charge in [-0.15, -0.1) is 0 Å². The molecular formula is C27H29N3O3S. The summed E-state index contributed by atoms with van der Waals surface area (Å²) < 4.78 is 7.03. The van der Waals surface area contributed by atoms with Crippen molar-refractivity contribution in [3.63, 3.8) is 0 Å². The molecule has 2 aromatic heterocycles. The molecule has 0 atom stereocenters. The van der Waals surface area contributed by atoms with Crippen molar-refractivity contribution in [3.8, 4) is 5.69 Å². The summed E-state index contributed by atoms with van der Waals surface area (Å²) >= 11 is 1.21. The van der Waals surface area contributed by atoms with Crippen LogP contribution in [0.5, 0.6) is 0 Å². The number of aryl methyl sites for hydroxylation is 1. The van der Waals surface area contributed by atoms with Crippen LogP contribution < -0.4 is 10.7 Å². The number of thioether (sulfide) groups is 1. The van der Waals surface area contributed by atoms with E-state index >= 15 is 0 Å². The first-order valence-corrected chi connectivity index (χ1v) is 12.1. The van der Waals surface area contributed by atoms with E-state index in [9.17, 15) is 9.59 Å². The van der Waals surface area contributed by atoms with Gasteiger partial charge in [-0.05, 0) is 39.0 Å². The highest BCUT2D eigenvalue weighted by atomic mass is 32.2. The molecule has 0 saturated heterocycles. The highest BCUT2D eigenvalue weighted by Crippen LogP contribution is 2.29. The molecule has 0 unspecified atom stereocenters. The lowest BCUT2D eigenvalue weighted by Gasteiger charge is -2.20. The van der Waals surface area contributed by atoms with Gasteiger partial charge in [-0.2, -0.15) is 0 Å². The van der Waals surface area contributed by atoms with Crippen LogP contribution in [0.1, 0.15) is 26.0 Å². The fourth-order valence-corrected chi connectivity index (χ4v) is 4.34. The van der Waals surface area contributed by atoms with Crippen LogP contribution in [0.3, 0.4) is 0 Å². The number of hydrogen-bond donors (Lipinski definition) is 1. The van der Waals surface area contributed by atoms with E-state index in [4.69, 9.17) is 4.74 Å². The maximum Gasteiger partial charge on any atom is 0.316 e. The molecule has 34 heavy (non-hydrogen) atoms. The molecule has 1 aromatic carbocycles. The Hall–Kier alpha value is -3.58. The molecule has 1 N–H and O–H groups in total. The number of nitrogens with one attached hydrogen (secondary N) is 1. The highest BCUT2D eigenvalue weighted by Gasteiger charge is 2.17. The second kappa shape index (κ2) is 12.0. The minimum atomic E-state index is -0.340. The van der Waals surface area contributed by atoms with Crippen molar-refractivity contribution in [2.75, 3.05) is 17.7 Å². The smallest absolute Gasteiger partial charge is 0.316 e. The number of para-hydroxylation sites is 1. The van der Waals surface area contributed by atoms with E-state index in [0.29, 0.717) is 34.8 Å². The van der Waals surface area contributed by atoms with Gasteiger partial charge in [0.05, 0.1) is 23.3 Å². The Balaban J connectivity index is 2.13. The van der Waals surface area contributed by atoms with Crippen LogP contribution in [0.4, 0.5) is 5.82 Å². The molecule has 3 rings (SSSR count). The first-order valence-electron chi connectivity index (χ1n) is 11.1. The lowest BCUT2D eigenvalue weighted by molar-refractivity contribution is -0.139. The van der Waals surface area contributed by atoms with Gasteiger partial charge >= 0.3 is 5.97 Å². The van der Waals surface area contributed by atoms with Gasteiger partial charge in [0.1, 0.15) is 10.8 Å². The molecule has 0 radical (unpaired) electrons. The van der Waals surface area contributed by atoms with Gasteiger partial charge in [0.15, 0.2) is 5.43 Å². The largest absolute Gasteiger partial charge is 0.465 e. The zero-order valence-electron chi connectivity index (χ0n) is 19.7. The molecule has 3 aromatic rings. The summed E-state index contributed by atoms with van der Waals surface area (Å²) in [5.41, 5.74) is 2.91. The van der Waals surface area contributed by atoms with Crippen molar-refractivity contribution in [1.29, 1.82) is 0 Å². The van der Waals surface area contributed by atoms with Crippen molar-refractivity contribution in [2.45, 2.75) is 32.2 Å². The summed E-state index contributed by atoms with van der Waals surface area (Å²) in [5.74, 6) is 0.354. The molecule has 0 aliphatic carbocycles. The van der Waals surface area contributed by atoms with Crippen molar-refractivity contribution < 1.29 is 9.53 Å². The maximum atomic E-state index is 13.3. The Labute approximate surface area is 204 Å². The second-order valence-electron chi connectivity index (χ2n) is 7.51. The van der Waals surface area contributed by atoms with Gasteiger partial charge in [0.25, 0.3) is 0 Å². The number of allylic oxidation sites excluding steroid dienone is 4. The summed E-state index contributed by atoms with van der Waals surface area (Å²) in [5, 5.41) is 4.29. The average Bonchev–Trinajstić information content (AvgIpc) is 2.81. The predicted octanol–water partition coefficient (Wildman–Crippen LogP) is 5.80. The zero-order chi connectivity index (χ0) is 24.5. The van der Waals surface area contributed by atoms with E-state index < -0.39 is 0 Å². The second-order valence-corrected chi connectivity index (χ2v) is 8.47. The van der Waals surface area contributed by atoms with E-state index in [0.717, 1.165) is 17.1 Å². The van der Waals surface area contributed by atoms with E-state index in [1.807, 2.05) is 79.1 Å². The van der Waals surface area contributed by atoms with Crippen molar-refractivity contribution in [1.82, 2.24) is 9.55 Å². The Bertz CT molecular complexity index is 1290. The fraction of sp³-hybridized carbons (Fsp3) is 0.222. The summed E-state index contributed by atoms with van der Waals surface area (Å²) in [4.78, 5) is 29.8. The third-order valence-electron chi connectivity index (χ3n) is 4.84. The quantitative estimate of drug-likeness (QED) is 0.227. The van der Waals surface area contributed by atoms with Crippen molar-refractivity contribution in [2.24, 2.45) is 0 Å². The number of aromatic nitrogens is 2. The maximum absolute atomic E-state index is 13.3. The number of hydrogen-bond acceptors (Lipinski definition) is 6. The number of nitrogens with zero attached hydrogens (tertiary/aromatic N) is 2. The SMILES string of the molecule is C=C(CC=C/C=C\C)Nc1cc(=O)c2c(SCC(=O)OCC)nc(C)cc2n1-c1ccccc1. The molecule has 2 heterocycles. The molecule has 0 saturated carbocycles. The van der Waals surface area contributed by atoms with Gasteiger partial charge in [-0.3, -0.25) is 14.2 Å². The number of carbonyl (C=O) groups is 1. The minimum Gasteiger partial charge on any atom is -0.465 e. The van der Waals surface area contributed by atoms with Crippen LogP contribution >= 0.6 is 11.8 Å². The minimum absolute atomic E-state index is 0.0829. The number of esters is 1. The standard InChI is InChI=1S/C27H29N3O3S/c1-5-7-8-10-13-19(3)28-24-17-23(31)26-22(30(24)21-14-11-9-12-15-21)16-20(4)29-27(26)34-18-25(32)33-6-2/h5,7-12,14-17,28H,3,6,13,18H2,1-2,4H3/b7-5-,10-8?. The Kier molecular flexibility index (Phi) is 8.87. The number of rotatable bonds is 10. The summed E-state index contributed by atoms with van der Waals surface area (Å²) in [6.07, 6.45) is 8.48. The molecule has 0 bridgehead atoms. The Morgan fingerprint density at radius 2 is 2.00 bits per heavy atom. The lowest BCUT2D eigenvalue weighted by Crippen LogP contribution is -2.16. The molecule has 0 aliphatic rings. The van der Waals surface area contributed by atoms with Crippen LogP contribution in [0.15, 0.2) is 88.9 Å². The molecule has 0 spiro atoms. The van der Waals surface area contributed by atoms with Crippen LogP contribution in [-0.4, -0.2) is 27.9 Å². The van der Waals surface area contributed by atoms with Crippen molar-refractivity contribution >= 4 is 34.5 Å². The lowest BCUT2D eigenvalue weighted by atomic mass is 10.2. The topological polar surface area (TPSA) is 73.2 Å². The van der Waals surface area contributed by atoms with Crippen LogP contribution in [0, 0.1) is 6.92 Å². The number of fused-ring (bicyclic) bond motifs is 1. The molecule has 176 valence electrons. The third kappa shape index (κ3) is 6.26. The number of carbonyl (C=O) groups excluding carboxylic acids is 1. The van der Waals surface area contributed by atoms with Crippen molar-refractivity contribution in [3.05, 3.63) is 95.0 Å². The van der Waals surface area contributed by atoms with Crippen LogP contribution in [-0.2, 0) is 9.53 Å². The number of ether oxygens (including phenoxy) is 1. The molecule has 0 fully saturated rings. The molecule has 6 nitrogen and oxygen atoms in total. The normalized spacial score (nSPS) is 11.4. The first kappa shape index (κ1) is 25.1. The zero-order valence-corrected chi connectivity index (χ0v) is 20.5. The fourth-order valence-electron chi connectivity index (χ4n) is 3.44. The van der Waals surface area contributed by atoms with E-state index in [1.165, 1.54) is 11.8 Å². The number of pyridine rings is 2. The van der Waals surface area contributed by atoms with Gasteiger partial charge in [0.2, 0.25) is 0 Å². The molecule has 0 amide bonds. The molecular weight excluding hydrogens is 446 g/mol. The predicted molar refractivity (Wildman–Crippen MR) is 141 cm³/mol. The summed E-state index contributed by atoms with van der Waals surface area (Å²) in [6, 6.07) is 13.2. The van der Waals surface area contributed by atoms with Gasteiger partial charge < -0.3 is 10.1 Å². The highest BCUT2D eigenvalue weighted by molar-refractivity contribution is 8.00. The van der Waals surface area contributed by atoms with E-state index in [1.54, 1.807) is 13.0 Å².